The molecule has 0 unspecified atom stereocenters. The highest BCUT2D eigenvalue weighted by atomic mass is 127. The summed E-state index contributed by atoms with van der Waals surface area (Å²) in [4.78, 5) is 12.1. The molecule has 0 bridgehead atoms. The molecule has 0 aromatic heterocycles. The Morgan fingerprint density at radius 3 is 2.77 bits per heavy atom. The quantitative estimate of drug-likeness (QED) is 0.659. The SMILES string of the molecule is Cc1cc(I)ccc1Nc1c(F)cccc1C(=O)NCCO. The monoisotopic (exact) mass is 414 g/mol. The molecule has 116 valence electrons. The zero-order valence-corrected chi connectivity index (χ0v) is 14.1. The molecule has 0 saturated carbocycles. The molecule has 1 amide bonds. The number of rotatable bonds is 5. The zero-order chi connectivity index (χ0) is 16.1. The minimum atomic E-state index is -0.505. The van der Waals surface area contributed by atoms with Crippen LogP contribution in [0.5, 0.6) is 0 Å². The summed E-state index contributed by atoms with van der Waals surface area (Å²) in [7, 11) is 0. The lowest BCUT2D eigenvalue weighted by Gasteiger charge is -2.15. The van der Waals surface area contributed by atoms with Gasteiger partial charge in [-0.15, -0.1) is 0 Å². The van der Waals surface area contributed by atoms with Gasteiger partial charge in [-0.25, -0.2) is 4.39 Å². The largest absolute Gasteiger partial charge is 0.395 e. The summed E-state index contributed by atoms with van der Waals surface area (Å²) in [5, 5.41) is 14.3. The molecule has 4 nitrogen and oxygen atoms in total. The maximum Gasteiger partial charge on any atom is 0.253 e. The van der Waals surface area contributed by atoms with Crippen molar-refractivity contribution in [2.75, 3.05) is 18.5 Å². The number of anilines is 2. The molecular weight excluding hydrogens is 398 g/mol. The van der Waals surface area contributed by atoms with Crippen molar-refractivity contribution in [3.05, 3.63) is 56.9 Å². The number of carbonyl (C=O) groups excluding carboxylic acids is 1. The Bertz CT molecular complexity index is 692. The van der Waals surface area contributed by atoms with Crippen LogP contribution in [-0.2, 0) is 0 Å². The van der Waals surface area contributed by atoms with Crippen molar-refractivity contribution in [1.82, 2.24) is 5.32 Å². The molecule has 0 fully saturated rings. The number of halogens is 2. The summed E-state index contributed by atoms with van der Waals surface area (Å²) in [6.45, 7) is 1.87. The van der Waals surface area contributed by atoms with E-state index in [4.69, 9.17) is 5.11 Å². The van der Waals surface area contributed by atoms with Gasteiger partial charge in [0.1, 0.15) is 5.82 Å². The van der Waals surface area contributed by atoms with E-state index in [-0.39, 0.29) is 24.4 Å². The molecule has 0 radical (unpaired) electrons. The maximum atomic E-state index is 14.1. The number of aliphatic hydroxyl groups excluding tert-OH is 1. The third-order valence-corrected chi connectivity index (χ3v) is 3.77. The van der Waals surface area contributed by atoms with E-state index in [0.29, 0.717) is 0 Å². The van der Waals surface area contributed by atoms with Crippen molar-refractivity contribution in [3.63, 3.8) is 0 Å². The van der Waals surface area contributed by atoms with Crippen LogP contribution in [0.25, 0.3) is 0 Å². The van der Waals surface area contributed by atoms with Crippen LogP contribution in [0.1, 0.15) is 15.9 Å². The fourth-order valence-electron chi connectivity index (χ4n) is 2.01. The molecule has 22 heavy (non-hydrogen) atoms. The van der Waals surface area contributed by atoms with E-state index in [0.717, 1.165) is 14.8 Å². The number of hydrogen-bond donors (Lipinski definition) is 3. The van der Waals surface area contributed by atoms with Crippen LogP contribution in [-0.4, -0.2) is 24.2 Å². The van der Waals surface area contributed by atoms with E-state index >= 15 is 0 Å². The Kier molecular flexibility index (Phi) is 5.73. The summed E-state index contributed by atoms with van der Waals surface area (Å²) in [5.41, 5.74) is 2.02. The molecule has 0 heterocycles. The number of amides is 1. The first-order chi connectivity index (χ1) is 10.5. The third-order valence-electron chi connectivity index (χ3n) is 3.10. The average molecular weight is 414 g/mol. The molecule has 0 aliphatic rings. The van der Waals surface area contributed by atoms with E-state index in [1.165, 1.54) is 12.1 Å². The second kappa shape index (κ2) is 7.55. The van der Waals surface area contributed by atoms with E-state index < -0.39 is 11.7 Å². The highest BCUT2D eigenvalue weighted by Crippen LogP contribution is 2.27. The lowest BCUT2D eigenvalue weighted by atomic mass is 10.1. The molecule has 3 N–H and O–H groups in total. The van der Waals surface area contributed by atoms with Gasteiger partial charge >= 0.3 is 0 Å². The average Bonchev–Trinajstić information content (AvgIpc) is 2.49. The van der Waals surface area contributed by atoms with Gasteiger partial charge in [0.2, 0.25) is 0 Å². The van der Waals surface area contributed by atoms with E-state index in [1.807, 2.05) is 25.1 Å². The number of aliphatic hydroxyl groups is 1. The lowest BCUT2D eigenvalue weighted by Crippen LogP contribution is -2.27. The van der Waals surface area contributed by atoms with Crippen LogP contribution in [0.15, 0.2) is 36.4 Å². The Hall–Kier alpha value is -1.67. The summed E-state index contributed by atoms with van der Waals surface area (Å²) in [5.74, 6) is -0.936. The number of aryl methyl sites for hydroxylation is 1. The summed E-state index contributed by atoms with van der Waals surface area (Å²) in [6, 6.07) is 10.0. The van der Waals surface area contributed by atoms with Gasteiger partial charge in [-0.3, -0.25) is 4.79 Å². The smallest absolute Gasteiger partial charge is 0.253 e. The normalized spacial score (nSPS) is 10.4. The molecule has 0 spiro atoms. The van der Waals surface area contributed by atoms with Gasteiger partial charge in [-0.2, -0.15) is 0 Å². The molecule has 6 heteroatoms. The lowest BCUT2D eigenvalue weighted by molar-refractivity contribution is 0.0945. The van der Waals surface area contributed by atoms with Gasteiger partial charge in [-0.1, -0.05) is 6.07 Å². The topological polar surface area (TPSA) is 61.4 Å². The maximum absolute atomic E-state index is 14.1. The van der Waals surface area contributed by atoms with Crippen molar-refractivity contribution in [2.45, 2.75) is 6.92 Å². The van der Waals surface area contributed by atoms with E-state index in [2.05, 4.69) is 33.2 Å². The Labute approximate surface area is 141 Å². The van der Waals surface area contributed by atoms with Crippen LogP contribution in [0.2, 0.25) is 0 Å². The van der Waals surface area contributed by atoms with Crippen LogP contribution in [0, 0.1) is 16.3 Å². The number of carbonyl (C=O) groups is 1. The first-order valence-corrected chi connectivity index (χ1v) is 7.81. The molecule has 0 aliphatic heterocycles. The van der Waals surface area contributed by atoms with Crippen molar-refractivity contribution in [2.24, 2.45) is 0 Å². The van der Waals surface area contributed by atoms with Crippen LogP contribution < -0.4 is 10.6 Å². The molecule has 0 saturated heterocycles. The fourth-order valence-corrected chi connectivity index (χ4v) is 2.65. The molecule has 2 aromatic carbocycles. The minimum absolute atomic E-state index is 0.122. The first-order valence-electron chi connectivity index (χ1n) is 6.73. The second-order valence-electron chi connectivity index (χ2n) is 4.73. The minimum Gasteiger partial charge on any atom is -0.395 e. The van der Waals surface area contributed by atoms with E-state index in [1.54, 1.807) is 6.07 Å². The van der Waals surface area contributed by atoms with Gasteiger partial charge in [0.05, 0.1) is 17.9 Å². The van der Waals surface area contributed by atoms with Crippen molar-refractivity contribution in [3.8, 4) is 0 Å². The molecule has 2 aromatic rings. The van der Waals surface area contributed by atoms with Crippen LogP contribution in [0.4, 0.5) is 15.8 Å². The van der Waals surface area contributed by atoms with Gasteiger partial charge in [-0.05, 0) is 65.4 Å². The zero-order valence-electron chi connectivity index (χ0n) is 12.0. The standard InChI is InChI=1S/C16H16FIN2O2/c1-10-9-11(18)5-6-14(10)20-15-12(3-2-4-13(15)17)16(22)19-7-8-21/h2-6,9,20-21H,7-8H2,1H3,(H,19,22). The number of hydrogen-bond acceptors (Lipinski definition) is 3. The predicted octanol–water partition coefficient (Wildman–Crippen LogP) is 3.20. The fraction of sp³-hybridized carbons (Fsp3) is 0.188. The van der Waals surface area contributed by atoms with Crippen molar-refractivity contribution >= 4 is 39.9 Å². The summed E-state index contributed by atoms with van der Waals surface area (Å²) < 4.78 is 15.2. The first kappa shape index (κ1) is 16.7. The van der Waals surface area contributed by atoms with Crippen LogP contribution >= 0.6 is 22.6 Å². The van der Waals surface area contributed by atoms with Gasteiger partial charge in [0.25, 0.3) is 5.91 Å². The van der Waals surface area contributed by atoms with Crippen LogP contribution in [0.3, 0.4) is 0 Å². The highest BCUT2D eigenvalue weighted by Gasteiger charge is 2.15. The molecule has 2 rings (SSSR count). The third kappa shape index (κ3) is 3.95. The van der Waals surface area contributed by atoms with Gasteiger partial charge in [0.15, 0.2) is 0 Å². The second-order valence-corrected chi connectivity index (χ2v) is 5.97. The highest BCUT2D eigenvalue weighted by molar-refractivity contribution is 14.1. The number of benzene rings is 2. The van der Waals surface area contributed by atoms with Gasteiger partial charge in [0, 0.05) is 15.8 Å². The predicted molar refractivity (Wildman–Crippen MR) is 93.0 cm³/mol. The Morgan fingerprint density at radius 1 is 1.32 bits per heavy atom. The molecular formula is C16H16FIN2O2. The molecule has 0 atom stereocenters. The van der Waals surface area contributed by atoms with Gasteiger partial charge < -0.3 is 15.7 Å². The number of nitrogens with one attached hydrogen (secondary N) is 2. The Balaban J connectivity index is 2.35. The number of para-hydroxylation sites is 1. The van der Waals surface area contributed by atoms with E-state index in [9.17, 15) is 9.18 Å². The van der Waals surface area contributed by atoms with Crippen molar-refractivity contribution in [1.29, 1.82) is 0 Å². The summed E-state index contributed by atoms with van der Waals surface area (Å²) in [6.07, 6.45) is 0. The van der Waals surface area contributed by atoms with Crippen molar-refractivity contribution < 1.29 is 14.3 Å². The summed E-state index contributed by atoms with van der Waals surface area (Å²) >= 11 is 2.20. The Morgan fingerprint density at radius 2 is 2.09 bits per heavy atom. The molecule has 0 aliphatic carbocycles.